The molecule has 1 amide bonds. The normalized spacial score (nSPS) is 25.2. The van der Waals surface area contributed by atoms with E-state index in [0.717, 1.165) is 73.1 Å². The van der Waals surface area contributed by atoms with Crippen LogP contribution in [0.25, 0.3) is 0 Å². The number of amides is 1. The smallest absolute Gasteiger partial charge is 0.407 e. The largest absolute Gasteiger partial charge is 0.497 e. The Morgan fingerprint density at radius 3 is 2.43 bits per heavy atom. The number of aromatic carboxylic acids is 1. The molecule has 334 valence electrons. The number of hydrogen-bond acceptors (Lipinski definition) is 10. The molecule has 2 aliphatic carbocycles. The highest BCUT2D eigenvalue weighted by Gasteiger charge is 2.53. The molecule has 0 radical (unpaired) electrons. The van der Waals surface area contributed by atoms with Gasteiger partial charge in [0.05, 0.1) is 43.3 Å². The Bertz CT molecular complexity index is 2100. The Balaban J connectivity index is 1.04. The zero-order valence-corrected chi connectivity index (χ0v) is 38.2. The van der Waals surface area contributed by atoms with E-state index in [-0.39, 0.29) is 47.1 Å². The average Bonchev–Trinajstić information content (AvgIpc) is 3.89. The van der Waals surface area contributed by atoms with Crippen LogP contribution in [-0.4, -0.2) is 87.8 Å². The second-order valence-electron chi connectivity index (χ2n) is 18.8. The average molecular weight is 881 g/mol. The summed E-state index contributed by atoms with van der Waals surface area (Å²) in [6, 6.07) is 13.8. The third-order valence-corrected chi connectivity index (χ3v) is 16.5. The lowest BCUT2D eigenvalue weighted by atomic mass is 9.74. The van der Waals surface area contributed by atoms with Crippen molar-refractivity contribution in [2.75, 3.05) is 40.0 Å². The number of carboxylic acid groups (broad SMARTS) is 1. The Morgan fingerprint density at radius 1 is 1.00 bits per heavy atom. The lowest BCUT2D eigenvalue weighted by Gasteiger charge is -2.31. The standard InChI is InChI=1S/C47H64N2O10S2/c1-30(2)27-49(61(53,54)36-17-15-34(55-6)16-18-36)23-20-33(48-45(52)59-40-29-58-47(5)39(40)21-24-57-47)25-31-11-13-35(14-12-31)56-28-32-9-7-8-10-37(32)43-42(44(50)51)38-26-46(3,4)22-19-41(38)60-43/h11-18,30,32-33,37,39-40H,7-10,19-29H2,1-6H3,(H,48,52)(H,50,51)/t32-,33-,37-,39+,40+,47-/m1/s1. The minimum atomic E-state index is -3.85. The molecule has 1 aromatic heterocycles. The summed E-state index contributed by atoms with van der Waals surface area (Å²) < 4.78 is 58.7. The summed E-state index contributed by atoms with van der Waals surface area (Å²) in [5.41, 5.74) is 2.65. The molecule has 61 heavy (non-hydrogen) atoms. The van der Waals surface area contributed by atoms with Crippen LogP contribution < -0.4 is 14.8 Å². The molecule has 2 N–H and O–H groups in total. The van der Waals surface area contributed by atoms with Gasteiger partial charge in [0.15, 0.2) is 5.79 Å². The van der Waals surface area contributed by atoms with Crippen LogP contribution in [0.3, 0.4) is 0 Å². The van der Waals surface area contributed by atoms with Crippen molar-refractivity contribution >= 4 is 33.4 Å². The first-order valence-electron chi connectivity index (χ1n) is 22.0. The number of aryl methyl sites for hydroxylation is 1. The van der Waals surface area contributed by atoms with Gasteiger partial charge in [0.2, 0.25) is 10.0 Å². The van der Waals surface area contributed by atoms with Crippen LogP contribution in [-0.2, 0) is 43.5 Å². The Labute approximate surface area is 365 Å². The number of fused-ring (bicyclic) bond motifs is 2. The number of carboxylic acids is 1. The van der Waals surface area contributed by atoms with Gasteiger partial charge in [-0.05, 0) is 117 Å². The number of methoxy groups -OCH3 is 1. The fourth-order valence-corrected chi connectivity index (χ4v) is 12.9. The van der Waals surface area contributed by atoms with Crippen molar-refractivity contribution < 1.29 is 46.8 Å². The minimum Gasteiger partial charge on any atom is -0.497 e. The molecule has 4 aliphatic rings. The summed E-state index contributed by atoms with van der Waals surface area (Å²) in [5, 5.41) is 13.5. The molecule has 2 aliphatic heterocycles. The highest BCUT2D eigenvalue weighted by Crippen LogP contribution is 2.48. The highest BCUT2D eigenvalue weighted by molar-refractivity contribution is 7.89. The number of hydrogen-bond donors (Lipinski definition) is 2. The van der Waals surface area contributed by atoms with Crippen LogP contribution in [0.2, 0.25) is 0 Å². The number of thiophene rings is 1. The molecule has 3 aromatic rings. The Hall–Kier alpha value is -3.69. The summed E-state index contributed by atoms with van der Waals surface area (Å²) in [7, 11) is -2.31. The van der Waals surface area contributed by atoms with E-state index in [1.54, 1.807) is 35.6 Å². The first kappa shape index (κ1) is 45.3. The van der Waals surface area contributed by atoms with Crippen molar-refractivity contribution in [3.05, 3.63) is 75.0 Å². The van der Waals surface area contributed by atoms with Gasteiger partial charge in [0.1, 0.15) is 17.6 Å². The number of sulfonamides is 1. The molecule has 3 heterocycles. The molecule has 2 aromatic carbocycles. The third kappa shape index (κ3) is 10.6. The molecule has 7 rings (SSSR count). The summed E-state index contributed by atoms with van der Waals surface area (Å²) >= 11 is 1.73. The van der Waals surface area contributed by atoms with Crippen molar-refractivity contribution in [1.29, 1.82) is 0 Å². The first-order valence-corrected chi connectivity index (χ1v) is 24.3. The molecule has 6 atom stereocenters. The number of nitrogens with zero attached hydrogens (tertiary/aromatic N) is 1. The van der Waals surface area contributed by atoms with E-state index < -0.39 is 40.0 Å². The molecule has 3 fully saturated rings. The third-order valence-electron chi connectivity index (χ3n) is 13.2. The summed E-state index contributed by atoms with van der Waals surface area (Å²) in [6.45, 7) is 12.1. The van der Waals surface area contributed by atoms with Crippen LogP contribution in [0.15, 0.2) is 53.4 Å². The number of benzene rings is 2. The van der Waals surface area contributed by atoms with E-state index in [1.165, 1.54) is 16.3 Å². The molecule has 14 heteroatoms. The Morgan fingerprint density at radius 2 is 1.72 bits per heavy atom. The predicted molar refractivity (Wildman–Crippen MR) is 234 cm³/mol. The number of nitrogens with one attached hydrogen (secondary N) is 1. The van der Waals surface area contributed by atoms with Crippen LogP contribution in [0.5, 0.6) is 11.5 Å². The zero-order chi connectivity index (χ0) is 43.5. The maximum absolute atomic E-state index is 14.0. The maximum atomic E-state index is 14.0. The first-order chi connectivity index (χ1) is 29.0. The fourth-order valence-electron chi connectivity index (χ4n) is 9.79. The number of carbonyl (C=O) groups excluding carboxylic acids is 1. The highest BCUT2D eigenvalue weighted by atomic mass is 32.2. The second kappa shape index (κ2) is 19.0. The maximum Gasteiger partial charge on any atom is 0.407 e. The summed E-state index contributed by atoms with van der Waals surface area (Å²) in [4.78, 5) is 28.7. The van der Waals surface area contributed by atoms with Gasteiger partial charge in [-0.25, -0.2) is 18.0 Å². The van der Waals surface area contributed by atoms with Crippen molar-refractivity contribution in [2.24, 2.45) is 23.2 Å². The molecule has 0 bridgehead atoms. The fraction of sp³-hybridized carbons (Fsp3) is 0.617. The van der Waals surface area contributed by atoms with Crippen LogP contribution >= 0.6 is 11.3 Å². The van der Waals surface area contributed by atoms with Gasteiger partial charge in [-0.3, -0.25) is 0 Å². The zero-order valence-electron chi connectivity index (χ0n) is 36.6. The van der Waals surface area contributed by atoms with Gasteiger partial charge in [0.25, 0.3) is 0 Å². The van der Waals surface area contributed by atoms with Crippen LogP contribution in [0.4, 0.5) is 4.79 Å². The molecule has 0 unspecified atom stereocenters. The van der Waals surface area contributed by atoms with E-state index in [4.69, 9.17) is 23.7 Å². The lowest BCUT2D eigenvalue weighted by molar-refractivity contribution is -0.181. The number of rotatable bonds is 17. The monoisotopic (exact) mass is 880 g/mol. The summed E-state index contributed by atoms with van der Waals surface area (Å²) in [5.74, 6) is 0.0811. The van der Waals surface area contributed by atoms with Crippen molar-refractivity contribution in [2.45, 2.75) is 128 Å². The molecule has 1 saturated carbocycles. The topological polar surface area (TPSA) is 150 Å². The van der Waals surface area contributed by atoms with E-state index in [2.05, 4.69) is 19.2 Å². The van der Waals surface area contributed by atoms with Crippen LogP contribution in [0.1, 0.15) is 117 Å². The SMILES string of the molecule is COc1ccc(S(=O)(=O)N(CC[C@H](Cc2ccc(OC[C@H]3CCCC[C@H]3c3sc4c(c3C(=O)O)CC(C)(C)CC4)cc2)NC(=O)O[C@H]2CO[C@@]3(C)OCC[C@@H]23)CC(C)C)cc1. The van der Waals surface area contributed by atoms with Crippen molar-refractivity contribution in [3.63, 3.8) is 0 Å². The minimum absolute atomic E-state index is 0.0633. The lowest BCUT2D eigenvalue weighted by Crippen LogP contribution is -2.43. The second-order valence-corrected chi connectivity index (χ2v) is 21.9. The molecular formula is C47H64N2O10S2. The van der Waals surface area contributed by atoms with E-state index in [0.29, 0.717) is 43.9 Å². The van der Waals surface area contributed by atoms with Gasteiger partial charge >= 0.3 is 12.1 Å². The van der Waals surface area contributed by atoms with E-state index in [9.17, 15) is 23.1 Å². The predicted octanol–water partition coefficient (Wildman–Crippen LogP) is 8.85. The Kier molecular flexibility index (Phi) is 14.1. The van der Waals surface area contributed by atoms with Gasteiger partial charge in [-0.2, -0.15) is 4.31 Å². The quantitative estimate of drug-likeness (QED) is 0.135. The van der Waals surface area contributed by atoms with Gasteiger partial charge in [-0.15, -0.1) is 11.3 Å². The molecule has 0 spiro atoms. The molecule has 2 saturated heterocycles. The van der Waals surface area contributed by atoms with Crippen LogP contribution in [0, 0.1) is 23.2 Å². The van der Waals surface area contributed by atoms with Gasteiger partial charge in [-0.1, -0.05) is 52.7 Å². The van der Waals surface area contributed by atoms with E-state index >= 15 is 0 Å². The molecule has 12 nitrogen and oxygen atoms in total. The van der Waals surface area contributed by atoms with Crippen molar-refractivity contribution in [1.82, 2.24) is 9.62 Å². The van der Waals surface area contributed by atoms with E-state index in [1.807, 2.05) is 45.0 Å². The number of ether oxygens (including phenoxy) is 5. The number of alkyl carbamates (subject to hydrolysis) is 1. The van der Waals surface area contributed by atoms with Gasteiger partial charge in [0, 0.05) is 40.7 Å². The summed E-state index contributed by atoms with van der Waals surface area (Å²) in [6.07, 6.45) is 7.42. The molecular weight excluding hydrogens is 817 g/mol. The van der Waals surface area contributed by atoms with Gasteiger partial charge < -0.3 is 34.1 Å². The number of carbonyl (C=O) groups is 2. The van der Waals surface area contributed by atoms with Crippen molar-refractivity contribution in [3.8, 4) is 11.5 Å².